The molecule has 25 heavy (non-hydrogen) atoms. The van der Waals surface area contributed by atoms with Gasteiger partial charge in [0.2, 0.25) is 0 Å². The minimum absolute atomic E-state index is 0.0668. The van der Waals surface area contributed by atoms with Crippen molar-refractivity contribution in [1.29, 1.82) is 0 Å². The predicted molar refractivity (Wildman–Crippen MR) is 90.3 cm³/mol. The standard InChI is InChI=1S/C17H20N4O4/c1-12-16(13(2)25-18-12)11-19-6-8-20(9-7-19)17(22)14-4-3-5-15(10-14)21(23)24/h3-5,10H,6-9,11H2,1-2H3. The van der Waals surface area contributed by atoms with Crippen LogP contribution in [0.25, 0.3) is 0 Å². The van der Waals surface area contributed by atoms with Gasteiger partial charge in [0.25, 0.3) is 11.6 Å². The van der Waals surface area contributed by atoms with Gasteiger partial charge in [-0.1, -0.05) is 11.2 Å². The van der Waals surface area contributed by atoms with E-state index in [1.807, 2.05) is 13.8 Å². The molecule has 0 aliphatic carbocycles. The van der Waals surface area contributed by atoms with Crippen molar-refractivity contribution in [3.63, 3.8) is 0 Å². The second kappa shape index (κ2) is 7.02. The normalized spacial score (nSPS) is 15.4. The molecule has 0 unspecified atom stereocenters. The molecule has 0 saturated carbocycles. The molecule has 1 aromatic carbocycles. The van der Waals surface area contributed by atoms with Crippen LogP contribution in [0.4, 0.5) is 5.69 Å². The molecule has 0 spiro atoms. The molecule has 1 amide bonds. The van der Waals surface area contributed by atoms with Crippen molar-refractivity contribution in [2.75, 3.05) is 26.2 Å². The van der Waals surface area contributed by atoms with Crippen molar-refractivity contribution >= 4 is 11.6 Å². The SMILES string of the molecule is Cc1noc(C)c1CN1CCN(C(=O)c2cccc([N+](=O)[O-])c2)CC1. The van der Waals surface area contributed by atoms with Gasteiger partial charge in [0.1, 0.15) is 5.76 Å². The summed E-state index contributed by atoms with van der Waals surface area (Å²) in [5.74, 6) is 0.660. The number of aromatic nitrogens is 1. The largest absolute Gasteiger partial charge is 0.361 e. The number of hydrogen-bond donors (Lipinski definition) is 0. The van der Waals surface area contributed by atoms with Crippen molar-refractivity contribution in [2.24, 2.45) is 0 Å². The van der Waals surface area contributed by atoms with E-state index in [1.54, 1.807) is 17.0 Å². The van der Waals surface area contributed by atoms with Gasteiger partial charge >= 0.3 is 0 Å². The van der Waals surface area contributed by atoms with Gasteiger partial charge in [-0.25, -0.2) is 0 Å². The van der Waals surface area contributed by atoms with E-state index < -0.39 is 4.92 Å². The molecule has 2 heterocycles. The molecule has 1 aromatic heterocycles. The molecule has 0 bridgehead atoms. The minimum atomic E-state index is -0.488. The summed E-state index contributed by atoms with van der Waals surface area (Å²) in [5, 5.41) is 14.8. The topological polar surface area (TPSA) is 92.7 Å². The van der Waals surface area contributed by atoms with E-state index in [0.717, 1.165) is 36.7 Å². The molecule has 3 rings (SSSR count). The van der Waals surface area contributed by atoms with Crippen molar-refractivity contribution in [3.05, 3.63) is 57.0 Å². The van der Waals surface area contributed by atoms with Crippen LogP contribution in [-0.4, -0.2) is 52.0 Å². The monoisotopic (exact) mass is 344 g/mol. The van der Waals surface area contributed by atoms with Crippen molar-refractivity contribution < 1.29 is 14.2 Å². The number of benzene rings is 1. The first kappa shape index (κ1) is 17.1. The molecule has 1 aliphatic heterocycles. The summed E-state index contributed by atoms with van der Waals surface area (Å²) >= 11 is 0. The lowest BCUT2D eigenvalue weighted by Crippen LogP contribution is -2.48. The Balaban J connectivity index is 1.61. The third kappa shape index (κ3) is 3.69. The smallest absolute Gasteiger partial charge is 0.270 e. The maximum absolute atomic E-state index is 12.6. The van der Waals surface area contributed by atoms with Crippen molar-refractivity contribution in [2.45, 2.75) is 20.4 Å². The highest BCUT2D eigenvalue weighted by atomic mass is 16.6. The van der Waals surface area contributed by atoms with Gasteiger partial charge in [-0.15, -0.1) is 0 Å². The second-order valence-electron chi connectivity index (χ2n) is 6.18. The average molecular weight is 344 g/mol. The number of nitro groups is 1. The Morgan fingerprint density at radius 3 is 2.60 bits per heavy atom. The zero-order valence-electron chi connectivity index (χ0n) is 14.3. The van der Waals surface area contributed by atoms with Gasteiger partial charge in [0, 0.05) is 56.0 Å². The number of piperazine rings is 1. The van der Waals surface area contributed by atoms with Crippen molar-refractivity contribution in [1.82, 2.24) is 15.0 Å². The van der Waals surface area contributed by atoms with E-state index in [2.05, 4.69) is 10.1 Å². The average Bonchev–Trinajstić information content (AvgIpc) is 2.94. The first-order valence-electron chi connectivity index (χ1n) is 8.13. The summed E-state index contributed by atoms with van der Waals surface area (Å²) in [7, 11) is 0. The molecule has 0 radical (unpaired) electrons. The Bertz CT molecular complexity index is 774. The van der Waals surface area contributed by atoms with E-state index in [4.69, 9.17) is 4.52 Å². The fourth-order valence-electron chi connectivity index (χ4n) is 3.00. The molecule has 0 N–H and O–H groups in total. The molecule has 0 atom stereocenters. The number of carbonyl (C=O) groups excluding carboxylic acids is 1. The van der Waals surface area contributed by atoms with Crippen LogP contribution < -0.4 is 0 Å². The van der Waals surface area contributed by atoms with Gasteiger partial charge in [0.05, 0.1) is 10.6 Å². The minimum Gasteiger partial charge on any atom is -0.361 e. The van der Waals surface area contributed by atoms with Crippen LogP contribution in [0.2, 0.25) is 0 Å². The number of nitrogens with zero attached hydrogens (tertiary/aromatic N) is 4. The molecule has 132 valence electrons. The molecular weight excluding hydrogens is 324 g/mol. The Hall–Kier alpha value is -2.74. The Morgan fingerprint density at radius 1 is 1.28 bits per heavy atom. The number of rotatable bonds is 4. The van der Waals surface area contributed by atoms with Gasteiger partial charge in [0.15, 0.2) is 0 Å². The predicted octanol–water partition coefficient (Wildman–Crippen LogP) is 2.16. The van der Waals surface area contributed by atoms with E-state index in [0.29, 0.717) is 18.7 Å². The lowest BCUT2D eigenvalue weighted by Gasteiger charge is -2.34. The van der Waals surface area contributed by atoms with Crippen LogP contribution in [0.1, 0.15) is 27.4 Å². The van der Waals surface area contributed by atoms with Crippen LogP contribution in [0.5, 0.6) is 0 Å². The quantitative estimate of drug-likeness (QED) is 0.623. The summed E-state index contributed by atoms with van der Waals surface area (Å²) in [6, 6.07) is 5.88. The van der Waals surface area contributed by atoms with E-state index >= 15 is 0 Å². The first-order valence-corrected chi connectivity index (χ1v) is 8.13. The summed E-state index contributed by atoms with van der Waals surface area (Å²) in [6.07, 6.45) is 0. The van der Waals surface area contributed by atoms with Crippen LogP contribution in [0.15, 0.2) is 28.8 Å². The van der Waals surface area contributed by atoms with Gasteiger partial charge in [-0.2, -0.15) is 0 Å². The van der Waals surface area contributed by atoms with Crippen molar-refractivity contribution in [3.8, 4) is 0 Å². The fraction of sp³-hybridized carbons (Fsp3) is 0.412. The van der Waals surface area contributed by atoms with E-state index in [1.165, 1.54) is 12.1 Å². The highest BCUT2D eigenvalue weighted by molar-refractivity contribution is 5.94. The third-order valence-corrected chi connectivity index (χ3v) is 4.53. The lowest BCUT2D eigenvalue weighted by molar-refractivity contribution is -0.384. The fourth-order valence-corrected chi connectivity index (χ4v) is 3.00. The molecule has 2 aromatic rings. The van der Waals surface area contributed by atoms with Crippen LogP contribution >= 0.6 is 0 Å². The molecule has 1 fully saturated rings. The summed E-state index contributed by atoms with van der Waals surface area (Å²) in [4.78, 5) is 26.9. The first-order chi connectivity index (χ1) is 12.0. The van der Waals surface area contributed by atoms with Crippen LogP contribution in [0, 0.1) is 24.0 Å². The maximum Gasteiger partial charge on any atom is 0.270 e. The van der Waals surface area contributed by atoms with Gasteiger partial charge in [-0.3, -0.25) is 19.8 Å². The Morgan fingerprint density at radius 2 is 2.00 bits per heavy atom. The zero-order valence-corrected chi connectivity index (χ0v) is 14.3. The summed E-state index contributed by atoms with van der Waals surface area (Å²) in [5.41, 5.74) is 2.28. The summed E-state index contributed by atoms with van der Waals surface area (Å²) < 4.78 is 5.19. The Labute approximate surface area is 145 Å². The zero-order chi connectivity index (χ0) is 18.0. The van der Waals surface area contributed by atoms with Crippen LogP contribution in [-0.2, 0) is 6.54 Å². The highest BCUT2D eigenvalue weighted by Crippen LogP contribution is 2.18. The molecular formula is C17H20N4O4. The van der Waals surface area contributed by atoms with Crippen LogP contribution in [0.3, 0.4) is 0 Å². The number of hydrogen-bond acceptors (Lipinski definition) is 6. The third-order valence-electron chi connectivity index (χ3n) is 4.53. The molecule has 8 heteroatoms. The number of carbonyl (C=O) groups is 1. The second-order valence-corrected chi connectivity index (χ2v) is 6.18. The lowest BCUT2D eigenvalue weighted by atomic mass is 10.1. The highest BCUT2D eigenvalue weighted by Gasteiger charge is 2.24. The Kier molecular flexibility index (Phi) is 4.80. The molecule has 1 saturated heterocycles. The maximum atomic E-state index is 12.6. The van der Waals surface area contributed by atoms with Gasteiger partial charge < -0.3 is 9.42 Å². The van der Waals surface area contributed by atoms with E-state index in [-0.39, 0.29) is 11.6 Å². The summed E-state index contributed by atoms with van der Waals surface area (Å²) in [6.45, 7) is 7.23. The molecule has 1 aliphatic rings. The number of nitro benzene ring substituents is 1. The number of non-ortho nitro benzene ring substituents is 1. The molecule has 8 nitrogen and oxygen atoms in total. The van der Waals surface area contributed by atoms with E-state index in [9.17, 15) is 14.9 Å². The number of amides is 1. The number of aryl methyl sites for hydroxylation is 2. The van der Waals surface area contributed by atoms with Gasteiger partial charge in [-0.05, 0) is 19.9 Å².